The first kappa shape index (κ1) is 14.5. The summed E-state index contributed by atoms with van der Waals surface area (Å²) in [6.45, 7) is 2.57. The third kappa shape index (κ3) is 2.52. The van der Waals surface area contributed by atoms with E-state index in [1.165, 1.54) is 19.1 Å². The SMILES string of the molecule is Cc1cccc(F)c1NS(=O)(=O)c1c(CO)n[nH]c1C. The molecule has 1 aromatic heterocycles. The van der Waals surface area contributed by atoms with Gasteiger partial charge in [0.25, 0.3) is 10.0 Å². The lowest BCUT2D eigenvalue weighted by molar-refractivity contribution is 0.273. The number of nitrogens with one attached hydrogen (secondary N) is 2. The molecule has 0 saturated carbocycles. The van der Waals surface area contributed by atoms with Crippen LogP contribution in [-0.2, 0) is 16.6 Å². The van der Waals surface area contributed by atoms with Crippen molar-refractivity contribution >= 4 is 15.7 Å². The quantitative estimate of drug-likeness (QED) is 0.796. The molecule has 2 aromatic rings. The second-order valence-corrected chi connectivity index (χ2v) is 5.94. The van der Waals surface area contributed by atoms with Crippen molar-refractivity contribution in [1.29, 1.82) is 0 Å². The van der Waals surface area contributed by atoms with Gasteiger partial charge in [0.2, 0.25) is 0 Å². The van der Waals surface area contributed by atoms with Crippen molar-refractivity contribution in [3.8, 4) is 0 Å². The Bertz CT molecular complexity index is 720. The van der Waals surface area contributed by atoms with Crippen molar-refractivity contribution in [3.05, 3.63) is 41.0 Å². The van der Waals surface area contributed by atoms with Crippen LogP contribution in [0.3, 0.4) is 0 Å². The van der Waals surface area contributed by atoms with Crippen molar-refractivity contribution < 1.29 is 17.9 Å². The number of H-pyrrole nitrogens is 1. The number of hydrogen-bond donors (Lipinski definition) is 3. The number of aliphatic hydroxyl groups is 1. The summed E-state index contributed by atoms with van der Waals surface area (Å²) in [7, 11) is -4.03. The Hall–Kier alpha value is -1.93. The van der Waals surface area contributed by atoms with Gasteiger partial charge in [-0.2, -0.15) is 5.10 Å². The van der Waals surface area contributed by atoms with E-state index in [9.17, 15) is 12.8 Å². The summed E-state index contributed by atoms with van der Waals surface area (Å²) in [6, 6.07) is 4.25. The van der Waals surface area contributed by atoms with Crippen LogP contribution in [0.25, 0.3) is 0 Å². The first-order valence-electron chi connectivity index (χ1n) is 5.79. The minimum atomic E-state index is -4.03. The standard InChI is InChI=1S/C12H14FN3O3S/c1-7-4-3-5-9(13)11(7)16-20(18,19)12-8(2)14-15-10(12)6-17/h3-5,16-17H,6H2,1-2H3,(H,14,15). The van der Waals surface area contributed by atoms with Gasteiger partial charge >= 0.3 is 0 Å². The third-order valence-electron chi connectivity index (χ3n) is 2.84. The minimum absolute atomic E-state index is 0.0102. The van der Waals surface area contributed by atoms with Crippen LogP contribution >= 0.6 is 0 Å². The number of aromatic nitrogens is 2. The van der Waals surface area contributed by atoms with Crippen LogP contribution in [0.2, 0.25) is 0 Å². The molecule has 0 aliphatic rings. The number of para-hydroxylation sites is 1. The zero-order chi connectivity index (χ0) is 14.9. The van der Waals surface area contributed by atoms with Gasteiger partial charge < -0.3 is 5.11 Å². The normalized spacial score (nSPS) is 11.6. The van der Waals surface area contributed by atoms with E-state index in [1.54, 1.807) is 13.0 Å². The highest BCUT2D eigenvalue weighted by Gasteiger charge is 2.25. The van der Waals surface area contributed by atoms with Gasteiger partial charge in [0.1, 0.15) is 16.4 Å². The van der Waals surface area contributed by atoms with Crippen molar-refractivity contribution in [3.63, 3.8) is 0 Å². The fourth-order valence-electron chi connectivity index (χ4n) is 1.88. The first-order chi connectivity index (χ1) is 9.36. The smallest absolute Gasteiger partial charge is 0.265 e. The maximum atomic E-state index is 13.7. The molecule has 0 aliphatic heterocycles. The van der Waals surface area contributed by atoms with Crippen LogP contribution in [0.1, 0.15) is 17.0 Å². The molecule has 0 unspecified atom stereocenters. The molecular formula is C12H14FN3O3S. The summed E-state index contributed by atoms with van der Waals surface area (Å²) in [4.78, 5) is -0.164. The number of aryl methyl sites for hydroxylation is 2. The lowest BCUT2D eigenvalue weighted by Gasteiger charge is -2.11. The van der Waals surface area contributed by atoms with Crippen molar-refractivity contribution in [2.24, 2.45) is 0 Å². The Kier molecular flexibility index (Phi) is 3.78. The van der Waals surface area contributed by atoms with Gasteiger partial charge in [-0.3, -0.25) is 9.82 Å². The zero-order valence-electron chi connectivity index (χ0n) is 10.9. The summed E-state index contributed by atoms with van der Waals surface area (Å²) < 4.78 is 40.5. The molecule has 3 N–H and O–H groups in total. The van der Waals surface area contributed by atoms with Crippen molar-refractivity contribution in [1.82, 2.24) is 10.2 Å². The highest BCUT2D eigenvalue weighted by Crippen LogP contribution is 2.25. The lowest BCUT2D eigenvalue weighted by Crippen LogP contribution is -2.17. The lowest BCUT2D eigenvalue weighted by atomic mass is 10.2. The number of nitrogens with zero attached hydrogens (tertiary/aromatic N) is 1. The highest BCUT2D eigenvalue weighted by atomic mass is 32.2. The summed E-state index contributed by atoms with van der Waals surface area (Å²) in [5, 5.41) is 15.3. The minimum Gasteiger partial charge on any atom is -0.390 e. The fourth-order valence-corrected chi connectivity index (χ4v) is 3.38. The predicted molar refractivity (Wildman–Crippen MR) is 71.2 cm³/mol. The number of halogens is 1. The van der Waals surface area contributed by atoms with Crippen LogP contribution in [0, 0.1) is 19.7 Å². The Morgan fingerprint density at radius 1 is 1.40 bits per heavy atom. The Morgan fingerprint density at radius 2 is 2.10 bits per heavy atom. The van der Waals surface area contributed by atoms with Gasteiger partial charge in [-0.25, -0.2) is 12.8 Å². The van der Waals surface area contributed by atoms with Gasteiger partial charge in [0, 0.05) is 0 Å². The first-order valence-corrected chi connectivity index (χ1v) is 7.27. The van der Waals surface area contributed by atoms with E-state index in [0.29, 0.717) is 5.56 Å². The number of aliphatic hydroxyl groups excluding tert-OH is 1. The topological polar surface area (TPSA) is 95.1 Å². The molecule has 20 heavy (non-hydrogen) atoms. The summed E-state index contributed by atoms with van der Waals surface area (Å²) in [6.07, 6.45) is 0. The number of sulfonamides is 1. The number of hydrogen-bond acceptors (Lipinski definition) is 4. The highest BCUT2D eigenvalue weighted by molar-refractivity contribution is 7.92. The molecule has 0 amide bonds. The molecule has 6 nitrogen and oxygen atoms in total. The van der Waals surface area contributed by atoms with Gasteiger partial charge in [0.15, 0.2) is 0 Å². The summed E-state index contributed by atoms with van der Waals surface area (Å²) in [5.41, 5.74) is 0.608. The van der Waals surface area contributed by atoms with Crippen molar-refractivity contribution in [2.45, 2.75) is 25.3 Å². The fraction of sp³-hybridized carbons (Fsp3) is 0.250. The molecule has 1 heterocycles. The van der Waals surface area contributed by atoms with E-state index in [-0.39, 0.29) is 22.0 Å². The van der Waals surface area contributed by atoms with Crippen LogP contribution in [0.15, 0.2) is 23.1 Å². The Balaban J connectivity index is 2.49. The average Bonchev–Trinajstić information content (AvgIpc) is 2.76. The van der Waals surface area contributed by atoms with E-state index < -0.39 is 22.4 Å². The molecule has 0 saturated heterocycles. The number of anilines is 1. The molecule has 8 heteroatoms. The molecule has 0 aliphatic carbocycles. The molecule has 0 spiro atoms. The monoisotopic (exact) mass is 299 g/mol. The largest absolute Gasteiger partial charge is 0.390 e. The second-order valence-electron chi connectivity index (χ2n) is 4.32. The van der Waals surface area contributed by atoms with E-state index in [2.05, 4.69) is 14.9 Å². The summed E-state index contributed by atoms with van der Waals surface area (Å²) >= 11 is 0. The van der Waals surface area contributed by atoms with Crippen LogP contribution in [0.5, 0.6) is 0 Å². The van der Waals surface area contributed by atoms with Gasteiger partial charge in [-0.05, 0) is 25.5 Å². The van der Waals surface area contributed by atoms with Crippen molar-refractivity contribution in [2.75, 3.05) is 4.72 Å². The van der Waals surface area contributed by atoms with Gasteiger partial charge in [-0.1, -0.05) is 12.1 Å². The summed E-state index contributed by atoms with van der Waals surface area (Å²) in [5.74, 6) is -0.666. The molecule has 0 fully saturated rings. The van der Waals surface area contributed by atoms with E-state index in [1.807, 2.05) is 0 Å². The van der Waals surface area contributed by atoms with Crippen LogP contribution in [-0.4, -0.2) is 23.7 Å². The maximum absolute atomic E-state index is 13.7. The predicted octanol–water partition coefficient (Wildman–Crippen LogP) is 1.46. The van der Waals surface area contributed by atoms with Crippen LogP contribution in [0.4, 0.5) is 10.1 Å². The van der Waals surface area contributed by atoms with Crippen LogP contribution < -0.4 is 4.72 Å². The molecular weight excluding hydrogens is 285 g/mol. The Labute approximate surface area is 115 Å². The maximum Gasteiger partial charge on any atom is 0.265 e. The molecule has 2 rings (SSSR count). The average molecular weight is 299 g/mol. The third-order valence-corrected chi connectivity index (χ3v) is 4.39. The van der Waals surface area contributed by atoms with E-state index in [4.69, 9.17) is 5.11 Å². The molecule has 0 atom stereocenters. The second kappa shape index (κ2) is 5.22. The van der Waals surface area contributed by atoms with Gasteiger partial charge in [0.05, 0.1) is 18.0 Å². The van der Waals surface area contributed by atoms with E-state index >= 15 is 0 Å². The number of rotatable bonds is 4. The molecule has 0 radical (unpaired) electrons. The molecule has 108 valence electrons. The number of benzene rings is 1. The zero-order valence-corrected chi connectivity index (χ0v) is 11.8. The number of aromatic amines is 1. The van der Waals surface area contributed by atoms with Gasteiger partial charge in [-0.15, -0.1) is 0 Å². The Morgan fingerprint density at radius 3 is 2.70 bits per heavy atom. The molecule has 0 bridgehead atoms. The van der Waals surface area contributed by atoms with E-state index in [0.717, 1.165) is 0 Å². The molecule has 1 aromatic carbocycles.